The number of aliphatic carboxylic acids is 2. The van der Waals surface area contributed by atoms with E-state index in [-0.39, 0.29) is 0 Å². The smallest absolute Gasteiger partial charge is 0.322 e. The zero-order valence-electron chi connectivity index (χ0n) is 15.4. The van der Waals surface area contributed by atoms with Gasteiger partial charge in [-0.3, -0.25) is 28.8 Å². The second kappa shape index (κ2) is 11.5. The Morgan fingerprint density at radius 3 is 1.86 bits per heavy atom. The summed E-state index contributed by atoms with van der Waals surface area (Å²) in [6, 6.07) is -4.15. The first-order chi connectivity index (χ1) is 12.8. The van der Waals surface area contributed by atoms with Crippen LogP contribution in [0.15, 0.2) is 0 Å². The third-order valence-corrected chi connectivity index (χ3v) is 3.43. The molecular weight excluding hydrogens is 378 g/mol. The van der Waals surface area contributed by atoms with Crippen molar-refractivity contribution in [2.24, 2.45) is 17.4 Å². The molecule has 0 saturated carbocycles. The summed E-state index contributed by atoms with van der Waals surface area (Å²) in [5.74, 6) is -6.81. The second-order valence-electron chi connectivity index (χ2n) is 6.28. The van der Waals surface area contributed by atoms with Gasteiger partial charge in [0, 0.05) is 0 Å². The molecule has 0 saturated heterocycles. The number of amides is 4. The van der Waals surface area contributed by atoms with Gasteiger partial charge in [-0.2, -0.15) is 0 Å². The SMILES string of the molecule is CC(C)C(NC(=O)C(CC(=O)O)NC(=O)C(N)CC(N)=O)C(=O)NCC(=O)O. The van der Waals surface area contributed by atoms with Crippen molar-refractivity contribution in [3.63, 3.8) is 0 Å². The van der Waals surface area contributed by atoms with E-state index in [0.717, 1.165) is 0 Å². The lowest BCUT2D eigenvalue weighted by Gasteiger charge is -2.25. The molecule has 0 aromatic carbocycles. The van der Waals surface area contributed by atoms with Crippen molar-refractivity contribution in [1.82, 2.24) is 16.0 Å². The summed E-state index contributed by atoms with van der Waals surface area (Å²) in [4.78, 5) is 68.8. The number of carboxylic acids is 2. The van der Waals surface area contributed by atoms with E-state index >= 15 is 0 Å². The minimum atomic E-state index is -1.59. The molecular formula is C15H25N5O8. The van der Waals surface area contributed by atoms with Gasteiger partial charge in [-0.1, -0.05) is 13.8 Å². The average molecular weight is 403 g/mol. The van der Waals surface area contributed by atoms with Gasteiger partial charge in [0.15, 0.2) is 0 Å². The lowest BCUT2D eigenvalue weighted by atomic mass is 10.0. The Balaban J connectivity index is 5.22. The quantitative estimate of drug-likeness (QED) is 0.171. The summed E-state index contributed by atoms with van der Waals surface area (Å²) in [6.45, 7) is 2.47. The fraction of sp³-hybridized carbons (Fsp3) is 0.600. The summed E-state index contributed by atoms with van der Waals surface area (Å²) in [6.07, 6.45) is -1.33. The normalized spacial score (nSPS) is 13.7. The predicted molar refractivity (Wildman–Crippen MR) is 93.4 cm³/mol. The number of hydrogen-bond acceptors (Lipinski definition) is 7. The molecule has 0 aliphatic rings. The molecule has 9 N–H and O–H groups in total. The van der Waals surface area contributed by atoms with Gasteiger partial charge in [0.25, 0.3) is 0 Å². The molecule has 4 amide bonds. The number of nitrogens with one attached hydrogen (secondary N) is 3. The number of hydrogen-bond donors (Lipinski definition) is 7. The second-order valence-corrected chi connectivity index (χ2v) is 6.28. The van der Waals surface area contributed by atoms with Crippen LogP contribution >= 0.6 is 0 Å². The van der Waals surface area contributed by atoms with Crippen LogP contribution in [0, 0.1) is 5.92 Å². The van der Waals surface area contributed by atoms with Crippen LogP contribution in [-0.4, -0.2) is 70.5 Å². The van der Waals surface area contributed by atoms with Gasteiger partial charge < -0.3 is 37.6 Å². The summed E-state index contributed by atoms with van der Waals surface area (Å²) in [7, 11) is 0. The van der Waals surface area contributed by atoms with Gasteiger partial charge >= 0.3 is 11.9 Å². The van der Waals surface area contributed by atoms with Gasteiger partial charge in [0.2, 0.25) is 23.6 Å². The van der Waals surface area contributed by atoms with E-state index in [2.05, 4.69) is 16.0 Å². The van der Waals surface area contributed by atoms with Crippen LogP contribution in [0.4, 0.5) is 0 Å². The molecule has 0 bridgehead atoms. The van der Waals surface area contributed by atoms with E-state index in [1.807, 2.05) is 0 Å². The molecule has 0 aromatic rings. The fourth-order valence-electron chi connectivity index (χ4n) is 2.03. The summed E-state index contributed by atoms with van der Waals surface area (Å²) in [5.41, 5.74) is 10.4. The maximum atomic E-state index is 12.4. The van der Waals surface area contributed by atoms with Crippen LogP contribution in [0.2, 0.25) is 0 Å². The summed E-state index contributed by atoms with van der Waals surface area (Å²) in [5, 5.41) is 24.0. The van der Waals surface area contributed by atoms with Crippen molar-refractivity contribution in [2.75, 3.05) is 6.54 Å². The van der Waals surface area contributed by atoms with Crippen LogP contribution in [0.3, 0.4) is 0 Å². The van der Waals surface area contributed by atoms with Gasteiger partial charge in [-0.15, -0.1) is 0 Å². The Bertz CT molecular complexity index is 636. The standard InChI is InChI=1S/C15H25N5O8/c1-6(2)12(15(28)18-5-11(24)25)20-14(27)8(4-10(22)23)19-13(26)7(16)3-9(17)21/h6-8,12H,3-5,16H2,1-2H3,(H2,17,21)(H,18,28)(H,19,26)(H,20,27)(H,22,23)(H,24,25). The van der Waals surface area contributed by atoms with Gasteiger partial charge in [-0.05, 0) is 5.92 Å². The Hall–Kier alpha value is -3.22. The minimum Gasteiger partial charge on any atom is -0.481 e. The van der Waals surface area contributed by atoms with Crippen molar-refractivity contribution in [2.45, 2.75) is 44.8 Å². The number of primary amides is 1. The topological polar surface area (TPSA) is 231 Å². The zero-order chi connectivity index (χ0) is 22.0. The molecule has 13 heteroatoms. The molecule has 3 atom stereocenters. The van der Waals surface area contributed by atoms with E-state index in [4.69, 9.17) is 21.7 Å². The number of carbonyl (C=O) groups excluding carboxylic acids is 4. The summed E-state index contributed by atoms with van der Waals surface area (Å²) < 4.78 is 0. The van der Waals surface area contributed by atoms with Crippen LogP contribution in [0.25, 0.3) is 0 Å². The lowest BCUT2D eigenvalue weighted by Crippen LogP contribution is -2.58. The highest BCUT2D eigenvalue weighted by Gasteiger charge is 2.31. The highest BCUT2D eigenvalue weighted by atomic mass is 16.4. The monoisotopic (exact) mass is 403 g/mol. The molecule has 158 valence electrons. The van der Waals surface area contributed by atoms with Crippen LogP contribution < -0.4 is 27.4 Å². The number of nitrogens with two attached hydrogens (primary N) is 2. The largest absolute Gasteiger partial charge is 0.481 e. The Morgan fingerprint density at radius 2 is 1.43 bits per heavy atom. The summed E-state index contributed by atoms with van der Waals surface area (Å²) >= 11 is 0. The maximum Gasteiger partial charge on any atom is 0.322 e. The molecule has 0 aliphatic heterocycles. The third-order valence-electron chi connectivity index (χ3n) is 3.43. The van der Waals surface area contributed by atoms with Crippen molar-refractivity contribution < 1.29 is 39.0 Å². The first-order valence-corrected chi connectivity index (χ1v) is 8.21. The molecule has 13 nitrogen and oxygen atoms in total. The van der Waals surface area contributed by atoms with E-state index in [9.17, 15) is 28.8 Å². The van der Waals surface area contributed by atoms with Crippen LogP contribution in [0.5, 0.6) is 0 Å². The van der Waals surface area contributed by atoms with Gasteiger partial charge in [-0.25, -0.2) is 0 Å². The first kappa shape index (κ1) is 24.8. The molecule has 28 heavy (non-hydrogen) atoms. The molecule has 3 unspecified atom stereocenters. The third kappa shape index (κ3) is 9.47. The van der Waals surface area contributed by atoms with E-state index in [1.165, 1.54) is 0 Å². The number of rotatable bonds is 12. The molecule has 0 aromatic heterocycles. The highest BCUT2D eigenvalue weighted by Crippen LogP contribution is 2.04. The van der Waals surface area contributed by atoms with E-state index in [0.29, 0.717) is 0 Å². The molecule has 0 fully saturated rings. The highest BCUT2D eigenvalue weighted by molar-refractivity contribution is 5.96. The van der Waals surface area contributed by atoms with Gasteiger partial charge in [0.05, 0.1) is 18.9 Å². The van der Waals surface area contributed by atoms with E-state index in [1.54, 1.807) is 13.8 Å². The van der Waals surface area contributed by atoms with Crippen molar-refractivity contribution >= 4 is 35.6 Å². The van der Waals surface area contributed by atoms with Crippen molar-refractivity contribution in [1.29, 1.82) is 0 Å². The number of carboxylic acid groups (broad SMARTS) is 2. The van der Waals surface area contributed by atoms with Gasteiger partial charge in [0.1, 0.15) is 18.6 Å². The zero-order valence-corrected chi connectivity index (χ0v) is 15.4. The van der Waals surface area contributed by atoms with E-state index < -0.39 is 79.0 Å². The molecule has 0 rings (SSSR count). The first-order valence-electron chi connectivity index (χ1n) is 8.21. The molecule has 0 heterocycles. The fourth-order valence-corrected chi connectivity index (χ4v) is 2.03. The molecule has 0 radical (unpaired) electrons. The van der Waals surface area contributed by atoms with Crippen LogP contribution in [0.1, 0.15) is 26.7 Å². The maximum absolute atomic E-state index is 12.4. The predicted octanol–water partition coefficient (Wildman–Crippen LogP) is -3.51. The minimum absolute atomic E-state index is 0.476. The van der Waals surface area contributed by atoms with Crippen molar-refractivity contribution in [3.05, 3.63) is 0 Å². The Labute approximate surface area is 160 Å². The van der Waals surface area contributed by atoms with Crippen molar-refractivity contribution in [3.8, 4) is 0 Å². The molecule has 0 aliphatic carbocycles. The Morgan fingerprint density at radius 1 is 0.857 bits per heavy atom. The number of carbonyl (C=O) groups is 6. The molecule has 0 spiro atoms. The average Bonchev–Trinajstić information content (AvgIpc) is 2.55. The van der Waals surface area contributed by atoms with Crippen LogP contribution in [-0.2, 0) is 28.8 Å². The lowest BCUT2D eigenvalue weighted by molar-refractivity contribution is -0.142. The Kier molecular flexibility index (Phi) is 10.2.